The summed E-state index contributed by atoms with van der Waals surface area (Å²) < 4.78 is 58.5. The minimum Gasteiger partial charge on any atom is -0.501 e. The molecule has 8 aromatic rings. The predicted octanol–water partition coefficient (Wildman–Crippen LogP) is 10.7. The van der Waals surface area contributed by atoms with Crippen molar-refractivity contribution in [1.82, 2.24) is 9.97 Å². The summed E-state index contributed by atoms with van der Waals surface area (Å²) in [6.07, 6.45) is 1.46. The van der Waals surface area contributed by atoms with Crippen LogP contribution >= 0.6 is 0 Å². The number of aryl methyl sites for hydroxylation is 1. The molecule has 5 heteroatoms. The van der Waals surface area contributed by atoms with Crippen LogP contribution in [0.5, 0.6) is 0 Å². The number of para-hydroxylation sites is 1. The first-order valence-electron chi connectivity index (χ1n) is 17.2. The van der Waals surface area contributed by atoms with Gasteiger partial charge in [0.05, 0.1) is 5.58 Å². The Morgan fingerprint density at radius 2 is 1.53 bits per heavy atom. The maximum atomic E-state index is 13.2. The number of hydrogen-bond acceptors (Lipinski definition) is 3. The van der Waals surface area contributed by atoms with Crippen molar-refractivity contribution in [3.63, 3.8) is 0 Å². The quantitative estimate of drug-likeness (QED) is 0.163. The molecule has 0 bridgehead atoms. The van der Waals surface area contributed by atoms with E-state index < -0.39 is 13.2 Å². The van der Waals surface area contributed by atoms with Gasteiger partial charge in [-0.15, -0.1) is 53.6 Å². The predicted molar refractivity (Wildman–Crippen MR) is 184 cm³/mol. The van der Waals surface area contributed by atoms with Crippen LogP contribution in [0, 0.1) is 24.8 Å². The zero-order valence-corrected chi connectivity index (χ0v) is 27.3. The fraction of sp³-hybridized carbons (Fsp3) is 0.0476. The van der Waals surface area contributed by atoms with Gasteiger partial charge in [0.1, 0.15) is 11.4 Å². The summed E-state index contributed by atoms with van der Waals surface area (Å²) in [5.41, 5.74) is 7.45. The van der Waals surface area contributed by atoms with E-state index in [1.54, 1.807) is 60.8 Å². The second-order valence-corrected chi connectivity index (χ2v) is 10.5. The van der Waals surface area contributed by atoms with Crippen molar-refractivity contribution in [3.8, 4) is 33.6 Å². The Morgan fingerprint density at radius 1 is 0.723 bits per heavy atom. The van der Waals surface area contributed by atoms with Gasteiger partial charge in [-0.3, -0.25) is 0 Å². The van der Waals surface area contributed by atoms with Gasteiger partial charge < -0.3 is 14.4 Å². The van der Waals surface area contributed by atoms with Crippen molar-refractivity contribution in [3.05, 3.63) is 180 Å². The Labute approximate surface area is 294 Å². The van der Waals surface area contributed by atoms with Crippen molar-refractivity contribution >= 4 is 21.9 Å². The van der Waals surface area contributed by atoms with Crippen molar-refractivity contribution in [2.24, 2.45) is 0 Å². The summed E-state index contributed by atoms with van der Waals surface area (Å²) in [6.45, 7) is -2.15. The van der Waals surface area contributed by atoms with E-state index in [4.69, 9.17) is 11.3 Å². The number of aromatic nitrogens is 2. The Balaban J connectivity index is 0.000000178. The first-order chi connectivity index (χ1) is 24.6. The van der Waals surface area contributed by atoms with Crippen LogP contribution in [-0.2, 0) is 26.5 Å². The maximum Gasteiger partial charge on any atom is 0.123 e. The van der Waals surface area contributed by atoms with Crippen LogP contribution in [0.3, 0.4) is 0 Å². The number of rotatable bonds is 5. The fourth-order valence-corrected chi connectivity index (χ4v) is 5.20. The molecule has 47 heavy (non-hydrogen) atoms. The zero-order chi connectivity index (χ0) is 35.6. The van der Waals surface area contributed by atoms with E-state index in [1.165, 1.54) is 18.3 Å². The van der Waals surface area contributed by atoms with Crippen LogP contribution in [0.4, 0.5) is 4.39 Å². The van der Waals surface area contributed by atoms with E-state index in [2.05, 4.69) is 22.1 Å². The van der Waals surface area contributed by atoms with Gasteiger partial charge in [-0.05, 0) is 71.1 Å². The Bertz CT molecular complexity index is 2450. The third-order valence-corrected chi connectivity index (χ3v) is 7.44. The van der Waals surface area contributed by atoms with E-state index in [9.17, 15) is 4.39 Å². The summed E-state index contributed by atoms with van der Waals surface area (Å²) in [7, 11) is 0. The van der Waals surface area contributed by atoms with E-state index in [0.29, 0.717) is 33.7 Å². The smallest absolute Gasteiger partial charge is 0.123 e. The molecule has 0 aliphatic rings. The van der Waals surface area contributed by atoms with Gasteiger partial charge in [0, 0.05) is 44.7 Å². The Morgan fingerprint density at radius 3 is 2.34 bits per heavy atom. The number of hydrogen-bond donors (Lipinski definition) is 0. The van der Waals surface area contributed by atoms with E-state index in [-0.39, 0.29) is 31.5 Å². The van der Waals surface area contributed by atoms with Gasteiger partial charge in [0.25, 0.3) is 0 Å². The molecule has 3 heterocycles. The van der Waals surface area contributed by atoms with Crippen molar-refractivity contribution in [2.45, 2.75) is 13.2 Å². The SMILES string of the molecule is [2H]C([2H])([2H])c1ccc(-c2[c-]ccc3c2oc2ccccc23)nc1.[2H]C([2H])(c1ccccc1)c1cc[c-]c(-c2cc(-c3ccc(F)cc3)ccn2)c1.[Ir]. The monoisotopic (exact) mass is 794 g/mol. The molecule has 0 amide bonds. The van der Waals surface area contributed by atoms with Gasteiger partial charge in [0.15, 0.2) is 0 Å². The summed E-state index contributed by atoms with van der Waals surface area (Å²) in [5, 5.41) is 2.04. The normalized spacial score (nSPS) is 12.8. The van der Waals surface area contributed by atoms with Crippen LogP contribution in [0.1, 0.15) is 23.5 Å². The van der Waals surface area contributed by atoms with Crippen molar-refractivity contribution in [2.75, 3.05) is 0 Å². The largest absolute Gasteiger partial charge is 0.501 e. The average Bonchev–Trinajstić information content (AvgIpc) is 3.55. The minimum absolute atomic E-state index is 0. The maximum absolute atomic E-state index is 13.2. The molecule has 0 spiro atoms. The molecule has 0 unspecified atom stereocenters. The molecule has 5 aromatic carbocycles. The summed E-state index contributed by atoms with van der Waals surface area (Å²) in [6, 6.07) is 45.6. The van der Waals surface area contributed by atoms with E-state index >= 15 is 0 Å². The van der Waals surface area contributed by atoms with E-state index in [0.717, 1.165) is 33.0 Å². The number of nitrogens with zero attached hydrogens (tertiary/aromatic N) is 2. The number of fused-ring (bicyclic) bond motifs is 3. The molecule has 0 atom stereocenters. The van der Waals surface area contributed by atoms with Crippen molar-refractivity contribution in [1.29, 1.82) is 0 Å². The fourth-order valence-electron chi connectivity index (χ4n) is 5.20. The van der Waals surface area contributed by atoms with Crippen LogP contribution < -0.4 is 0 Å². The second-order valence-electron chi connectivity index (χ2n) is 10.5. The van der Waals surface area contributed by atoms with Crippen LogP contribution in [-0.4, -0.2) is 9.97 Å². The molecule has 0 aliphatic heterocycles. The first kappa shape index (κ1) is 25.9. The molecular weight excluding hydrogens is 760 g/mol. The molecule has 0 saturated heterocycles. The minimum atomic E-state index is -2.15. The summed E-state index contributed by atoms with van der Waals surface area (Å²) in [4.78, 5) is 8.71. The number of benzene rings is 5. The molecular formula is C42H29FIrN2O-2. The van der Waals surface area contributed by atoms with Crippen LogP contribution in [0.25, 0.3) is 55.6 Å². The number of pyridine rings is 2. The van der Waals surface area contributed by atoms with Crippen LogP contribution in [0.15, 0.2) is 150 Å². The Hall–Kier alpha value is -5.22. The average molecular weight is 794 g/mol. The molecule has 1 radical (unpaired) electrons. The summed E-state index contributed by atoms with van der Waals surface area (Å²) in [5.74, 6) is -0.276. The van der Waals surface area contributed by atoms with Gasteiger partial charge in [-0.25, -0.2) is 4.39 Å². The summed E-state index contributed by atoms with van der Waals surface area (Å²) >= 11 is 0. The molecule has 0 saturated carbocycles. The Kier molecular flexibility index (Phi) is 7.98. The molecule has 8 rings (SSSR count). The van der Waals surface area contributed by atoms with E-state index in [1.807, 2.05) is 66.7 Å². The molecule has 231 valence electrons. The molecule has 3 nitrogen and oxygen atoms in total. The third kappa shape index (κ3) is 7.28. The van der Waals surface area contributed by atoms with Crippen molar-refractivity contribution < 1.29 is 35.8 Å². The second kappa shape index (κ2) is 14.5. The molecule has 0 aliphatic carbocycles. The van der Waals surface area contributed by atoms with Gasteiger partial charge in [0.2, 0.25) is 0 Å². The van der Waals surface area contributed by atoms with Crippen LogP contribution in [0.2, 0.25) is 0 Å². The topological polar surface area (TPSA) is 38.9 Å². The first-order valence-corrected chi connectivity index (χ1v) is 14.7. The molecule has 0 N–H and O–H groups in total. The third-order valence-electron chi connectivity index (χ3n) is 7.44. The number of furan rings is 1. The van der Waals surface area contributed by atoms with Gasteiger partial charge in [-0.2, -0.15) is 0 Å². The zero-order valence-electron chi connectivity index (χ0n) is 29.9. The molecule has 3 aromatic heterocycles. The van der Waals surface area contributed by atoms with Gasteiger partial charge >= 0.3 is 0 Å². The van der Waals surface area contributed by atoms with Gasteiger partial charge in [-0.1, -0.05) is 89.8 Å². The standard InChI is InChI=1S/C24H17FN.C18H12NO.Ir/c25-23-11-9-20(10-12-23)21-13-14-26-24(17-21)22-8-4-7-19(16-22)15-18-5-2-1-3-6-18;1-12-9-10-16(19-11-12)15-7-4-6-14-13-5-2-3-8-17(13)20-18(14)15;/h1-7,9-14,16-17H,15H2;2-6,8-11H,1H3;/q2*-1;/i15D2;1D3;. The number of halogens is 1. The molecule has 0 fully saturated rings.